The third kappa shape index (κ3) is 3.32. The van der Waals surface area contributed by atoms with Crippen LogP contribution in [-0.4, -0.2) is 70.9 Å². The van der Waals surface area contributed by atoms with Gasteiger partial charge in [-0.05, 0) is 31.2 Å². The van der Waals surface area contributed by atoms with Gasteiger partial charge in [0.2, 0.25) is 0 Å². The number of amides is 1. The minimum absolute atomic E-state index is 0.111. The number of piperidine rings is 1. The number of hydrogen-bond acceptors (Lipinski definition) is 4. The van der Waals surface area contributed by atoms with Crippen molar-refractivity contribution < 1.29 is 9.53 Å². The molecule has 2 aliphatic rings. The van der Waals surface area contributed by atoms with Gasteiger partial charge in [0.15, 0.2) is 0 Å². The Morgan fingerprint density at radius 3 is 3.00 bits per heavy atom. The summed E-state index contributed by atoms with van der Waals surface area (Å²) in [5.41, 5.74) is 1.78. The van der Waals surface area contributed by atoms with Gasteiger partial charge in [-0.1, -0.05) is 18.2 Å². The largest absolute Gasteiger partial charge is 0.375 e. The van der Waals surface area contributed by atoms with Gasteiger partial charge in [0.25, 0.3) is 5.91 Å². The average molecular weight is 340 g/mol. The van der Waals surface area contributed by atoms with Crippen LogP contribution in [0.25, 0.3) is 0 Å². The van der Waals surface area contributed by atoms with Crippen molar-refractivity contribution >= 4 is 5.91 Å². The minimum Gasteiger partial charge on any atom is -0.375 e. The molecule has 2 fully saturated rings. The van der Waals surface area contributed by atoms with Crippen LogP contribution in [0.15, 0.2) is 42.7 Å². The molecule has 1 amide bonds. The third-order valence-electron chi connectivity index (χ3n) is 5.29. The first-order chi connectivity index (χ1) is 12.2. The molecule has 25 heavy (non-hydrogen) atoms. The lowest BCUT2D eigenvalue weighted by Crippen LogP contribution is -2.59. The van der Waals surface area contributed by atoms with E-state index in [1.54, 1.807) is 6.20 Å². The van der Waals surface area contributed by atoms with Gasteiger partial charge in [0.05, 0.1) is 25.3 Å². The molecule has 0 aliphatic carbocycles. The van der Waals surface area contributed by atoms with Crippen LogP contribution in [0.1, 0.15) is 22.3 Å². The van der Waals surface area contributed by atoms with Crippen LogP contribution < -0.4 is 0 Å². The van der Waals surface area contributed by atoms with E-state index in [1.807, 2.05) is 46.1 Å². The van der Waals surface area contributed by atoms with Gasteiger partial charge in [-0.2, -0.15) is 5.10 Å². The molecular formula is C19H24N4O2. The molecule has 0 unspecified atom stereocenters. The van der Waals surface area contributed by atoms with Gasteiger partial charge in [-0.3, -0.25) is 14.4 Å². The number of carbonyl (C=O) groups is 1. The normalized spacial score (nSPS) is 24.1. The first kappa shape index (κ1) is 16.3. The van der Waals surface area contributed by atoms with Crippen LogP contribution in [0.5, 0.6) is 0 Å². The molecule has 1 aromatic carbocycles. The summed E-state index contributed by atoms with van der Waals surface area (Å²) in [6.45, 7) is 3.81. The molecule has 6 heteroatoms. The lowest BCUT2D eigenvalue weighted by molar-refractivity contribution is -0.0893. The zero-order valence-electron chi connectivity index (χ0n) is 14.5. The highest BCUT2D eigenvalue weighted by Gasteiger charge is 2.37. The Morgan fingerprint density at radius 1 is 1.28 bits per heavy atom. The summed E-state index contributed by atoms with van der Waals surface area (Å²) >= 11 is 0. The molecule has 2 saturated heterocycles. The van der Waals surface area contributed by atoms with Crippen LogP contribution in [0.4, 0.5) is 0 Å². The molecule has 2 atom stereocenters. The monoisotopic (exact) mass is 340 g/mol. The molecule has 0 saturated carbocycles. The number of carbonyl (C=O) groups excluding carboxylic acids is 1. The number of morpholine rings is 1. The zero-order valence-corrected chi connectivity index (χ0v) is 14.5. The molecule has 2 aromatic rings. The molecule has 6 nitrogen and oxygen atoms in total. The van der Waals surface area contributed by atoms with E-state index in [4.69, 9.17) is 4.74 Å². The predicted octanol–water partition coefficient (Wildman–Crippen LogP) is 1.48. The van der Waals surface area contributed by atoms with E-state index >= 15 is 0 Å². The second kappa shape index (κ2) is 6.98. The highest BCUT2D eigenvalue weighted by molar-refractivity contribution is 5.95. The topological polar surface area (TPSA) is 50.6 Å². The van der Waals surface area contributed by atoms with Crippen molar-refractivity contribution in [3.05, 3.63) is 53.9 Å². The zero-order chi connectivity index (χ0) is 17.2. The number of nitrogens with zero attached hydrogens (tertiary/aromatic N) is 4. The Morgan fingerprint density at radius 2 is 2.16 bits per heavy atom. The van der Waals surface area contributed by atoms with E-state index in [2.05, 4.69) is 17.0 Å². The Labute approximate surface area is 148 Å². The van der Waals surface area contributed by atoms with E-state index in [1.165, 1.54) is 0 Å². The van der Waals surface area contributed by atoms with Crippen molar-refractivity contribution in [2.75, 3.05) is 33.3 Å². The highest BCUT2D eigenvalue weighted by atomic mass is 16.5. The van der Waals surface area contributed by atoms with Gasteiger partial charge in [-0.25, -0.2) is 0 Å². The lowest BCUT2D eigenvalue weighted by Gasteiger charge is -2.45. The molecule has 0 bridgehead atoms. The van der Waals surface area contributed by atoms with Gasteiger partial charge < -0.3 is 9.64 Å². The molecular weight excluding hydrogens is 316 g/mol. The van der Waals surface area contributed by atoms with Gasteiger partial charge in [0.1, 0.15) is 0 Å². The maximum absolute atomic E-state index is 13.2. The van der Waals surface area contributed by atoms with E-state index < -0.39 is 0 Å². The van der Waals surface area contributed by atoms with E-state index in [9.17, 15) is 4.79 Å². The second-order valence-electron chi connectivity index (χ2n) is 6.86. The number of fused-ring (bicyclic) bond motifs is 1. The number of aromatic nitrogens is 2. The minimum atomic E-state index is 0.111. The molecule has 132 valence electrons. The number of benzene rings is 1. The van der Waals surface area contributed by atoms with Crippen LogP contribution in [0.2, 0.25) is 0 Å². The van der Waals surface area contributed by atoms with Gasteiger partial charge >= 0.3 is 0 Å². The lowest BCUT2D eigenvalue weighted by atomic mass is 9.97. The second-order valence-corrected chi connectivity index (χ2v) is 6.86. The molecule has 3 heterocycles. The predicted molar refractivity (Wildman–Crippen MR) is 94.4 cm³/mol. The summed E-state index contributed by atoms with van der Waals surface area (Å²) in [4.78, 5) is 17.5. The summed E-state index contributed by atoms with van der Waals surface area (Å²) in [6, 6.07) is 10.0. The first-order valence-corrected chi connectivity index (χ1v) is 8.89. The summed E-state index contributed by atoms with van der Waals surface area (Å²) in [5, 5.41) is 4.26. The number of hydrogen-bond donors (Lipinski definition) is 0. The molecule has 0 radical (unpaired) electrons. The van der Waals surface area contributed by atoms with Crippen LogP contribution in [0.3, 0.4) is 0 Å². The van der Waals surface area contributed by atoms with Crippen molar-refractivity contribution in [2.24, 2.45) is 0 Å². The number of likely N-dealkylation sites (tertiary alicyclic amines) is 1. The highest BCUT2D eigenvalue weighted by Crippen LogP contribution is 2.24. The molecule has 2 aliphatic heterocycles. The van der Waals surface area contributed by atoms with Crippen molar-refractivity contribution in [3.63, 3.8) is 0 Å². The SMILES string of the molecule is CN1CCO[C@H]2CCN(C(=O)c3ccccc3Cn3cccn3)C[C@@H]21. The van der Waals surface area contributed by atoms with Crippen molar-refractivity contribution in [1.82, 2.24) is 19.6 Å². The maximum Gasteiger partial charge on any atom is 0.254 e. The molecule has 0 N–H and O–H groups in total. The van der Waals surface area contributed by atoms with E-state index in [-0.39, 0.29) is 12.0 Å². The summed E-state index contributed by atoms with van der Waals surface area (Å²) < 4.78 is 7.74. The Balaban J connectivity index is 1.53. The van der Waals surface area contributed by atoms with Crippen LogP contribution in [-0.2, 0) is 11.3 Å². The number of rotatable bonds is 3. The van der Waals surface area contributed by atoms with Crippen LogP contribution >= 0.6 is 0 Å². The van der Waals surface area contributed by atoms with Gasteiger partial charge in [0, 0.05) is 37.6 Å². The van der Waals surface area contributed by atoms with Crippen molar-refractivity contribution in [1.29, 1.82) is 0 Å². The standard InChI is InChI=1S/C19H24N4O2/c1-21-11-12-25-18-7-10-22(14-17(18)21)19(24)16-6-3-2-5-15(16)13-23-9-4-8-20-23/h2-6,8-9,17-18H,7,10-14H2,1H3/t17-,18-/m0/s1. The first-order valence-electron chi connectivity index (χ1n) is 8.89. The fourth-order valence-corrected chi connectivity index (χ4v) is 3.83. The van der Waals surface area contributed by atoms with Crippen LogP contribution in [0, 0.1) is 0 Å². The number of ether oxygens (including phenoxy) is 1. The summed E-state index contributed by atoms with van der Waals surface area (Å²) in [5.74, 6) is 0.111. The van der Waals surface area contributed by atoms with E-state index in [0.717, 1.165) is 43.8 Å². The Bertz CT molecular complexity index is 731. The Kier molecular flexibility index (Phi) is 4.55. The fourth-order valence-electron chi connectivity index (χ4n) is 3.83. The van der Waals surface area contributed by atoms with Gasteiger partial charge in [-0.15, -0.1) is 0 Å². The summed E-state index contributed by atoms with van der Waals surface area (Å²) in [7, 11) is 2.12. The molecule has 1 aromatic heterocycles. The number of likely N-dealkylation sites (N-methyl/N-ethyl adjacent to an activating group) is 1. The quantitative estimate of drug-likeness (QED) is 0.849. The fraction of sp³-hybridized carbons (Fsp3) is 0.474. The average Bonchev–Trinajstić information content (AvgIpc) is 3.15. The summed E-state index contributed by atoms with van der Waals surface area (Å²) in [6.07, 6.45) is 4.83. The third-order valence-corrected chi connectivity index (χ3v) is 5.29. The molecule has 4 rings (SSSR count). The smallest absolute Gasteiger partial charge is 0.254 e. The van der Waals surface area contributed by atoms with Crippen molar-refractivity contribution in [2.45, 2.75) is 25.1 Å². The molecule has 0 spiro atoms. The van der Waals surface area contributed by atoms with Crippen molar-refractivity contribution in [3.8, 4) is 0 Å². The Hall–Kier alpha value is -2.18. The van der Waals surface area contributed by atoms with E-state index in [0.29, 0.717) is 12.6 Å². The maximum atomic E-state index is 13.2.